The van der Waals surface area contributed by atoms with E-state index in [1.807, 2.05) is 30.3 Å². The van der Waals surface area contributed by atoms with Crippen molar-refractivity contribution in [1.29, 1.82) is 5.26 Å². The number of nitriles is 1. The average molecular weight is 239 g/mol. The minimum absolute atomic E-state index is 0.300. The van der Waals surface area contributed by atoms with Crippen LogP contribution in [0.5, 0.6) is 11.6 Å². The molecule has 4 nitrogen and oxygen atoms in total. The van der Waals surface area contributed by atoms with E-state index in [-0.39, 0.29) is 0 Å². The number of aromatic nitrogens is 2. The van der Waals surface area contributed by atoms with Crippen molar-refractivity contribution in [3.63, 3.8) is 0 Å². The maximum absolute atomic E-state index is 8.96. The van der Waals surface area contributed by atoms with Crippen molar-refractivity contribution in [3.8, 4) is 17.7 Å². The summed E-state index contributed by atoms with van der Waals surface area (Å²) in [5.74, 6) is 1.55. The summed E-state index contributed by atoms with van der Waals surface area (Å²) in [5.41, 5.74) is 1.57. The summed E-state index contributed by atoms with van der Waals surface area (Å²) in [6.07, 6.45) is 2.45. The van der Waals surface area contributed by atoms with Gasteiger partial charge in [-0.05, 0) is 31.0 Å². The number of aryl methyl sites for hydroxylation is 2. The molecule has 4 heteroatoms. The van der Waals surface area contributed by atoms with Gasteiger partial charge in [0.25, 0.3) is 0 Å². The highest BCUT2D eigenvalue weighted by Crippen LogP contribution is 2.22. The van der Waals surface area contributed by atoms with Crippen LogP contribution in [-0.4, -0.2) is 9.97 Å². The molecule has 0 saturated carbocycles. The van der Waals surface area contributed by atoms with E-state index in [0.29, 0.717) is 23.0 Å². The molecule has 0 radical (unpaired) electrons. The number of hydrogen-bond acceptors (Lipinski definition) is 4. The SMILES string of the molecule is CCc1ccc(Oc2nc(C)ncc2C#N)cc1. The highest BCUT2D eigenvalue weighted by molar-refractivity contribution is 5.39. The summed E-state index contributed by atoms with van der Waals surface area (Å²) in [4.78, 5) is 8.09. The van der Waals surface area contributed by atoms with Crippen LogP contribution < -0.4 is 4.74 Å². The van der Waals surface area contributed by atoms with Gasteiger partial charge in [0.15, 0.2) is 0 Å². The number of rotatable bonds is 3. The van der Waals surface area contributed by atoms with E-state index in [1.54, 1.807) is 6.92 Å². The first-order valence-corrected chi connectivity index (χ1v) is 5.73. The minimum atomic E-state index is 0.300. The largest absolute Gasteiger partial charge is 0.438 e. The van der Waals surface area contributed by atoms with Gasteiger partial charge in [-0.3, -0.25) is 0 Å². The second-order valence-electron chi connectivity index (χ2n) is 3.85. The Morgan fingerprint density at radius 1 is 1.28 bits per heavy atom. The lowest BCUT2D eigenvalue weighted by atomic mass is 10.2. The van der Waals surface area contributed by atoms with Crippen LogP contribution >= 0.6 is 0 Å². The minimum Gasteiger partial charge on any atom is -0.438 e. The van der Waals surface area contributed by atoms with Crippen molar-refractivity contribution in [3.05, 3.63) is 47.4 Å². The Hall–Kier alpha value is -2.41. The first kappa shape index (κ1) is 12.1. The zero-order valence-corrected chi connectivity index (χ0v) is 10.3. The second kappa shape index (κ2) is 5.28. The predicted molar refractivity (Wildman–Crippen MR) is 67.4 cm³/mol. The summed E-state index contributed by atoms with van der Waals surface area (Å²) >= 11 is 0. The molecule has 0 unspecified atom stereocenters. The van der Waals surface area contributed by atoms with Crippen LogP contribution in [0.2, 0.25) is 0 Å². The van der Waals surface area contributed by atoms with Crippen LogP contribution in [0.1, 0.15) is 23.9 Å². The summed E-state index contributed by atoms with van der Waals surface area (Å²) in [6.45, 7) is 3.85. The Labute approximate surface area is 106 Å². The van der Waals surface area contributed by atoms with Crippen LogP contribution in [0.25, 0.3) is 0 Å². The van der Waals surface area contributed by atoms with Gasteiger partial charge < -0.3 is 4.74 Å². The molecule has 0 bridgehead atoms. The standard InChI is InChI=1S/C14H13N3O/c1-3-11-4-6-13(7-5-11)18-14-12(8-15)9-16-10(2)17-14/h4-7,9H,3H2,1-2H3. The molecule has 0 aliphatic carbocycles. The van der Waals surface area contributed by atoms with E-state index in [9.17, 15) is 0 Å². The van der Waals surface area contributed by atoms with E-state index in [2.05, 4.69) is 16.9 Å². The summed E-state index contributed by atoms with van der Waals surface area (Å²) < 4.78 is 5.61. The van der Waals surface area contributed by atoms with Gasteiger partial charge in [0.2, 0.25) is 5.88 Å². The molecule has 18 heavy (non-hydrogen) atoms. The third-order valence-corrected chi connectivity index (χ3v) is 2.54. The maximum atomic E-state index is 8.96. The van der Waals surface area contributed by atoms with Crippen molar-refractivity contribution >= 4 is 0 Å². The van der Waals surface area contributed by atoms with E-state index >= 15 is 0 Å². The predicted octanol–water partition coefficient (Wildman–Crippen LogP) is 3.01. The molecular formula is C14H13N3O. The molecule has 1 heterocycles. The van der Waals surface area contributed by atoms with Crippen LogP contribution in [0, 0.1) is 18.3 Å². The van der Waals surface area contributed by atoms with E-state index in [1.165, 1.54) is 11.8 Å². The fourth-order valence-corrected chi connectivity index (χ4v) is 1.51. The molecule has 90 valence electrons. The number of hydrogen-bond donors (Lipinski definition) is 0. The van der Waals surface area contributed by atoms with Gasteiger partial charge in [-0.2, -0.15) is 10.2 Å². The van der Waals surface area contributed by atoms with Crippen LogP contribution in [0.4, 0.5) is 0 Å². The first-order valence-electron chi connectivity index (χ1n) is 5.73. The Balaban J connectivity index is 2.27. The molecule has 0 amide bonds. The Morgan fingerprint density at radius 3 is 2.61 bits per heavy atom. The normalized spacial score (nSPS) is 9.83. The lowest BCUT2D eigenvalue weighted by molar-refractivity contribution is 0.458. The molecule has 1 aromatic carbocycles. The fraction of sp³-hybridized carbons (Fsp3) is 0.214. The molecule has 2 aromatic rings. The van der Waals surface area contributed by atoms with Gasteiger partial charge in [-0.25, -0.2) is 4.98 Å². The van der Waals surface area contributed by atoms with Crippen LogP contribution in [0.3, 0.4) is 0 Å². The van der Waals surface area contributed by atoms with Gasteiger partial charge in [0.1, 0.15) is 23.2 Å². The molecule has 0 spiro atoms. The lowest BCUT2D eigenvalue weighted by Gasteiger charge is -2.07. The van der Waals surface area contributed by atoms with Crippen LogP contribution in [-0.2, 0) is 6.42 Å². The second-order valence-corrected chi connectivity index (χ2v) is 3.85. The molecular weight excluding hydrogens is 226 g/mol. The topological polar surface area (TPSA) is 58.8 Å². The highest BCUT2D eigenvalue weighted by atomic mass is 16.5. The van der Waals surface area contributed by atoms with Gasteiger partial charge >= 0.3 is 0 Å². The summed E-state index contributed by atoms with van der Waals surface area (Å²) in [7, 11) is 0. The van der Waals surface area contributed by atoms with Crippen molar-refractivity contribution in [1.82, 2.24) is 9.97 Å². The fourth-order valence-electron chi connectivity index (χ4n) is 1.51. The lowest BCUT2D eigenvalue weighted by Crippen LogP contribution is -1.96. The number of nitrogens with zero attached hydrogens (tertiary/aromatic N) is 3. The summed E-state index contributed by atoms with van der Waals surface area (Å²) in [6, 6.07) is 9.75. The van der Waals surface area contributed by atoms with E-state index < -0.39 is 0 Å². The molecule has 1 aromatic heterocycles. The van der Waals surface area contributed by atoms with E-state index in [4.69, 9.17) is 10.00 Å². The first-order chi connectivity index (χ1) is 8.72. The molecule has 2 rings (SSSR count). The highest BCUT2D eigenvalue weighted by Gasteiger charge is 2.07. The van der Waals surface area contributed by atoms with Crippen molar-refractivity contribution in [2.24, 2.45) is 0 Å². The summed E-state index contributed by atoms with van der Waals surface area (Å²) in [5, 5.41) is 8.96. The molecule has 0 atom stereocenters. The molecule has 0 aliphatic rings. The third kappa shape index (κ3) is 2.64. The zero-order chi connectivity index (χ0) is 13.0. The molecule has 0 N–H and O–H groups in total. The van der Waals surface area contributed by atoms with Crippen molar-refractivity contribution in [2.45, 2.75) is 20.3 Å². The van der Waals surface area contributed by atoms with Crippen LogP contribution in [0.15, 0.2) is 30.5 Å². The smallest absolute Gasteiger partial charge is 0.240 e. The van der Waals surface area contributed by atoms with E-state index in [0.717, 1.165) is 6.42 Å². The Kier molecular flexibility index (Phi) is 3.54. The average Bonchev–Trinajstić information content (AvgIpc) is 2.40. The van der Waals surface area contributed by atoms with Crippen molar-refractivity contribution in [2.75, 3.05) is 0 Å². The third-order valence-electron chi connectivity index (χ3n) is 2.54. The van der Waals surface area contributed by atoms with Gasteiger partial charge in [0, 0.05) is 0 Å². The number of benzene rings is 1. The van der Waals surface area contributed by atoms with Gasteiger partial charge in [0.05, 0.1) is 6.20 Å². The van der Waals surface area contributed by atoms with Gasteiger partial charge in [-0.1, -0.05) is 19.1 Å². The van der Waals surface area contributed by atoms with Gasteiger partial charge in [-0.15, -0.1) is 0 Å². The molecule has 0 aliphatic heterocycles. The number of ether oxygens (including phenoxy) is 1. The Morgan fingerprint density at radius 2 is 2.00 bits per heavy atom. The molecule has 0 saturated heterocycles. The van der Waals surface area contributed by atoms with Crippen molar-refractivity contribution < 1.29 is 4.74 Å². The Bertz CT molecular complexity index is 585. The monoisotopic (exact) mass is 239 g/mol. The maximum Gasteiger partial charge on any atom is 0.240 e. The quantitative estimate of drug-likeness (QED) is 0.826. The molecule has 0 fully saturated rings. The zero-order valence-electron chi connectivity index (χ0n) is 10.3.